The number of hydrogen-bond donors (Lipinski definition) is 0. The van der Waals surface area contributed by atoms with Gasteiger partial charge in [0.05, 0.1) is 0 Å². The molecule has 0 aromatic heterocycles. The van der Waals surface area contributed by atoms with Crippen molar-refractivity contribution in [3.63, 3.8) is 0 Å². The van der Waals surface area contributed by atoms with Crippen LogP contribution in [-0.2, 0) is 30.2 Å². The van der Waals surface area contributed by atoms with Gasteiger partial charge in [-0.05, 0) is 10.8 Å². The maximum Gasteiger partial charge on any atom is 4.00 e. The summed E-state index contributed by atoms with van der Waals surface area (Å²) < 4.78 is 0. The van der Waals surface area contributed by atoms with E-state index in [0.717, 1.165) is 0 Å². The van der Waals surface area contributed by atoms with E-state index in [0.29, 0.717) is 10.8 Å². The van der Waals surface area contributed by atoms with Crippen molar-refractivity contribution in [1.29, 1.82) is 0 Å². The van der Waals surface area contributed by atoms with E-state index < -0.39 is 0 Å². The Kier molecular flexibility index (Phi) is 13.6. The van der Waals surface area contributed by atoms with Gasteiger partial charge >= 0.3 is 17.4 Å². The van der Waals surface area contributed by atoms with E-state index in [2.05, 4.69) is 90.1 Å². The molecule has 2 rings (SSSR count). The van der Waals surface area contributed by atoms with Gasteiger partial charge in [-0.25, -0.2) is 24.3 Å². The molecule has 3 heteroatoms. The first kappa shape index (κ1) is 27.0. The summed E-state index contributed by atoms with van der Waals surface area (Å²) in [6.45, 7) is 13.6. The Bertz CT molecular complexity index is 410. The molecule has 0 saturated carbocycles. The minimum Gasteiger partial charge on any atom is -1.00 e. The Morgan fingerprint density at radius 1 is 0.565 bits per heavy atom. The van der Waals surface area contributed by atoms with Crippen molar-refractivity contribution in [3.8, 4) is 0 Å². The topological polar surface area (TPSA) is 0 Å². The van der Waals surface area contributed by atoms with Crippen LogP contribution in [0.1, 0.15) is 52.7 Å². The van der Waals surface area contributed by atoms with E-state index in [-0.39, 0.29) is 26.8 Å². The van der Waals surface area contributed by atoms with Crippen molar-refractivity contribution in [2.45, 2.75) is 54.4 Å². The second kappa shape index (κ2) is 11.6. The Hall–Kier alpha value is -0.908. The molecule has 0 N–H and O–H groups in total. The predicted molar refractivity (Wildman–Crippen MR) is 90.4 cm³/mol. The summed E-state index contributed by atoms with van der Waals surface area (Å²) in [5.41, 5.74) is 3.75. The Morgan fingerprint density at radius 3 is 0.957 bits per heavy atom. The average molecular weight is 360 g/mol. The Balaban J connectivity index is -0.000000308. The van der Waals surface area contributed by atoms with Crippen LogP contribution >= 0.6 is 0 Å². The summed E-state index contributed by atoms with van der Waals surface area (Å²) in [6, 6.07) is 17.1. The largest absolute Gasteiger partial charge is 4.00 e. The normalized spacial score (nSPS) is 10.3. The zero-order valence-corrected chi connectivity index (χ0v) is 16.5. The molecule has 0 aliphatic rings. The molecular weight excluding hydrogens is 330 g/mol. The van der Waals surface area contributed by atoms with Gasteiger partial charge in [0.25, 0.3) is 0 Å². The first-order chi connectivity index (χ1) is 9.16. The zero-order valence-electron chi connectivity index (χ0n) is 15.2. The number of hydrogen-bond acceptors (Lipinski definition) is 0. The van der Waals surface area contributed by atoms with Crippen LogP contribution in [0, 0.1) is 10.8 Å². The minimum absolute atomic E-state index is 0. The summed E-state index contributed by atoms with van der Waals surface area (Å²) in [5, 5.41) is 0. The third-order valence-electron chi connectivity index (χ3n) is 2.93. The fourth-order valence-corrected chi connectivity index (χ4v) is 2.29. The third-order valence-corrected chi connectivity index (χ3v) is 2.93. The van der Waals surface area contributed by atoms with Crippen LogP contribution < -0.4 is 9.41 Å². The third kappa shape index (κ3) is 14.4. The summed E-state index contributed by atoms with van der Waals surface area (Å²) in [7, 11) is 0. The van der Waals surface area contributed by atoms with Gasteiger partial charge in [-0.15, -0.1) is 0 Å². The second-order valence-electron chi connectivity index (χ2n) is 8.06. The van der Waals surface area contributed by atoms with Crippen LogP contribution in [0.4, 0.5) is 0 Å². The molecule has 0 spiro atoms. The molecule has 0 unspecified atom stereocenters. The molecule has 130 valence electrons. The van der Waals surface area contributed by atoms with Gasteiger partial charge in [-0.2, -0.15) is 35.4 Å². The van der Waals surface area contributed by atoms with Gasteiger partial charge in [0.15, 0.2) is 0 Å². The van der Waals surface area contributed by atoms with Crippen LogP contribution in [0.5, 0.6) is 0 Å². The van der Waals surface area contributed by atoms with Crippen molar-refractivity contribution in [3.05, 3.63) is 59.7 Å². The average Bonchev–Trinajstić information content (AvgIpc) is 2.87. The van der Waals surface area contributed by atoms with Crippen LogP contribution in [0.3, 0.4) is 0 Å². The molecule has 2 aromatic carbocycles. The van der Waals surface area contributed by atoms with Crippen LogP contribution in [0.15, 0.2) is 48.5 Å². The molecule has 0 aliphatic heterocycles. The molecule has 0 aliphatic carbocycles. The number of rotatable bonds is 2. The molecule has 0 atom stereocenters. The van der Waals surface area contributed by atoms with Gasteiger partial charge < -0.3 is 9.41 Å². The number of halogens is 2. The van der Waals surface area contributed by atoms with E-state index >= 15 is 0 Å². The first-order valence-electron chi connectivity index (χ1n) is 7.57. The molecule has 0 nitrogen and oxygen atoms in total. The van der Waals surface area contributed by atoms with Gasteiger partial charge in [0.2, 0.25) is 0 Å². The van der Waals surface area contributed by atoms with E-state index in [1.165, 1.54) is 24.0 Å². The fraction of sp³-hybridized carbons (Fsp3) is 0.500. The predicted octanol–water partition coefficient (Wildman–Crippen LogP) is -0.00630. The Morgan fingerprint density at radius 2 is 0.783 bits per heavy atom. The summed E-state index contributed by atoms with van der Waals surface area (Å²) in [4.78, 5) is 0. The van der Waals surface area contributed by atoms with E-state index in [1.807, 2.05) is 0 Å². The summed E-state index contributed by atoms with van der Waals surface area (Å²) >= 11 is 0. The van der Waals surface area contributed by atoms with E-state index in [1.54, 1.807) is 0 Å². The molecule has 0 radical (unpaired) electrons. The van der Waals surface area contributed by atoms with E-state index in [4.69, 9.17) is 0 Å². The first-order valence-corrected chi connectivity index (χ1v) is 7.57. The summed E-state index contributed by atoms with van der Waals surface area (Å²) in [6.07, 6.45) is 2.36. The molecule has 23 heavy (non-hydrogen) atoms. The van der Waals surface area contributed by atoms with Gasteiger partial charge in [0, 0.05) is 0 Å². The minimum atomic E-state index is 0. The zero-order chi connectivity index (χ0) is 15.2. The maximum atomic E-state index is 2.26. The maximum absolute atomic E-state index is 2.26. The molecule has 2 aromatic rings. The standard InChI is InChI=1S/2C10H15.Cr.2FH/c2*1-10(2,3)8-9-6-4-5-7-9;;;/h2*4-7H,8H2,1-3H3;;2*1H/q2*-1;+4;;/p-2. The van der Waals surface area contributed by atoms with Crippen LogP contribution in [-0.4, -0.2) is 0 Å². The van der Waals surface area contributed by atoms with Gasteiger partial charge in [-0.1, -0.05) is 54.4 Å². The van der Waals surface area contributed by atoms with Crippen molar-refractivity contribution in [2.75, 3.05) is 0 Å². The van der Waals surface area contributed by atoms with Crippen molar-refractivity contribution in [1.82, 2.24) is 0 Å². The van der Waals surface area contributed by atoms with Gasteiger partial charge in [-0.3, -0.25) is 0 Å². The quantitative estimate of drug-likeness (QED) is 0.661. The SMILES string of the molecule is CC(C)(C)C[c-]1cccc1.CC(C)(C)C[c-]1cccc1.[Cr+4].[F-].[F-]. The van der Waals surface area contributed by atoms with Crippen LogP contribution in [0.2, 0.25) is 0 Å². The van der Waals surface area contributed by atoms with E-state index in [9.17, 15) is 0 Å². The van der Waals surface area contributed by atoms with Crippen LogP contribution in [0.25, 0.3) is 0 Å². The molecule has 0 fully saturated rings. The fourth-order valence-electron chi connectivity index (χ4n) is 2.29. The van der Waals surface area contributed by atoms with Crippen molar-refractivity contribution < 1.29 is 26.8 Å². The molecular formula is C20H30CrF2. The molecule has 0 amide bonds. The monoisotopic (exact) mass is 360 g/mol. The molecule has 0 heterocycles. The van der Waals surface area contributed by atoms with Crippen molar-refractivity contribution in [2.24, 2.45) is 10.8 Å². The Labute approximate surface area is 151 Å². The molecule has 0 bridgehead atoms. The summed E-state index contributed by atoms with van der Waals surface area (Å²) in [5.74, 6) is 0. The van der Waals surface area contributed by atoms with Crippen molar-refractivity contribution >= 4 is 0 Å². The molecule has 0 saturated heterocycles. The van der Waals surface area contributed by atoms with Gasteiger partial charge in [0.1, 0.15) is 0 Å². The second-order valence-corrected chi connectivity index (χ2v) is 8.06. The smallest absolute Gasteiger partial charge is 1.00 e.